The van der Waals surface area contributed by atoms with Gasteiger partial charge in [-0.05, 0) is 55.7 Å². The van der Waals surface area contributed by atoms with Gasteiger partial charge in [0.25, 0.3) is 5.91 Å². The van der Waals surface area contributed by atoms with Gasteiger partial charge in [0.2, 0.25) is 10.0 Å². The zero-order valence-electron chi connectivity index (χ0n) is 19.6. The van der Waals surface area contributed by atoms with Crippen molar-refractivity contribution < 1.29 is 27.4 Å². The molecule has 1 heterocycles. The summed E-state index contributed by atoms with van der Waals surface area (Å²) in [5.74, 6) is 1.02. The van der Waals surface area contributed by atoms with E-state index in [2.05, 4.69) is 5.32 Å². The summed E-state index contributed by atoms with van der Waals surface area (Å²) in [4.78, 5) is 13.2. The lowest BCUT2D eigenvalue weighted by atomic mass is 10.1. The number of benzene rings is 2. The smallest absolute Gasteiger partial charge is 0.255 e. The second-order valence-corrected chi connectivity index (χ2v) is 9.93. The van der Waals surface area contributed by atoms with Crippen LogP contribution in [0.1, 0.15) is 54.6 Å². The molecular formula is C24H32N2O6S. The molecule has 2 aromatic rings. The van der Waals surface area contributed by atoms with E-state index >= 15 is 0 Å². The van der Waals surface area contributed by atoms with Crippen LogP contribution in [0.2, 0.25) is 0 Å². The lowest BCUT2D eigenvalue weighted by Gasteiger charge is -2.21. The molecule has 1 saturated heterocycles. The molecule has 1 fully saturated rings. The number of nitrogens with one attached hydrogen (secondary N) is 1. The maximum Gasteiger partial charge on any atom is 0.255 e. The van der Waals surface area contributed by atoms with Crippen LogP contribution in [-0.4, -0.2) is 53.0 Å². The summed E-state index contributed by atoms with van der Waals surface area (Å²) in [7, 11) is 0.860. The molecule has 1 aliphatic rings. The van der Waals surface area contributed by atoms with Crippen molar-refractivity contribution in [1.82, 2.24) is 9.62 Å². The Balaban J connectivity index is 1.86. The molecule has 180 valence electrons. The van der Waals surface area contributed by atoms with E-state index in [4.69, 9.17) is 14.2 Å². The van der Waals surface area contributed by atoms with E-state index in [1.54, 1.807) is 26.4 Å². The van der Waals surface area contributed by atoms with Gasteiger partial charge in [0.05, 0.1) is 37.8 Å². The van der Waals surface area contributed by atoms with Crippen LogP contribution in [0.3, 0.4) is 0 Å². The molecule has 3 rings (SSSR count). The van der Waals surface area contributed by atoms with Gasteiger partial charge in [-0.15, -0.1) is 0 Å². The molecule has 0 radical (unpaired) electrons. The van der Waals surface area contributed by atoms with Crippen LogP contribution in [0.15, 0.2) is 41.3 Å². The van der Waals surface area contributed by atoms with Crippen molar-refractivity contribution in [1.29, 1.82) is 0 Å². The Morgan fingerprint density at radius 1 is 0.879 bits per heavy atom. The van der Waals surface area contributed by atoms with Crippen molar-refractivity contribution >= 4 is 15.9 Å². The Morgan fingerprint density at radius 3 is 2.09 bits per heavy atom. The quantitative estimate of drug-likeness (QED) is 0.623. The summed E-state index contributed by atoms with van der Waals surface area (Å²) in [6, 6.07) is 9.45. The molecule has 0 bridgehead atoms. The van der Waals surface area contributed by atoms with Crippen LogP contribution in [0.25, 0.3) is 0 Å². The van der Waals surface area contributed by atoms with E-state index in [1.807, 2.05) is 13.0 Å². The van der Waals surface area contributed by atoms with E-state index in [0.29, 0.717) is 30.3 Å². The van der Waals surface area contributed by atoms with E-state index < -0.39 is 15.9 Å². The van der Waals surface area contributed by atoms with Gasteiger partial charge in [-0.3, -0.25) is 4.79 Å². The molecule has 0 aromatic heterocycles. The number of ether oxygens (including phenoxy) is 3. The summed E-state index contributed by atoms with van der Waals surface area (Å²) in [5, 5.41) is 2.92. The summed E-state index contributed by atoms with van der Waals surface area (Å²) < 4.78 is 43.9. The molecular weight excluding hydrogens is 444 g/mol. The zero-order chi connectivity index (χ0) is 24.0. The van der Waals surface area contributed by atoms with Gasteiger partial charge < -0.3 is 19.5 Å². The molecule has 0 spiro atoms. The number of sulfonamides is 1. The van der Waals surface area contributed by atoms with E-state index in [0.717, 1.165) is 31.2 Å². The highest BCUT2D eigenvalue weighted by Crippen LogP contribution is 2.31. The molecule has 0 aliphatic carbocycles. The van der Waals surface area contributed by atoms with E-state index in [1.165, 1.54) is 29.6 Å². The number of rotatable bonds is 8. The predicted octanol–water partition coefficient (Wildman–Crippen LogP) is 3.77. The number of carbonyl (C=O) groups excluding carboxylic acids is 1. The van der Waals surface area contributed by atoms with Gasteiger partial charge >= 0.3 is 0 Å². The molecule has 33 heavy (non-hydrogen) atoms. The van der Waals surface area contributed by atoms with E-state index in [9.17, 15) is 13.2 Å². The van der Waals surface area contributed by atoms with Crippen LogP contribution in [0.5, 0.6) is 17.2 Å². The maximum absolute atomic E-state index is 13.2. The number of amides is 1. The first-order valence-electron chi connectivity index (χ1n) is 11.0. The maximum atomic E-state index is 13.2. The Bertz CT molecular complexity index is 1080. The lowest BCUT2D eigenvalue weighted by molar-refractivity contribution is 0.0936. The van der Waals surface area contributed by atoms with Gasteiger partial charge in [-0.2, -0.15) is 4.31 Å². The minimum Gasteiger partial charge on any atom is -0.496 e. The van der Waals surface area contributed by atoms with Gasteiger partial charge in [0.15, 0.2) is 11.5 Å². The van der Waals surface area contributed by atoms with Crippen LogP contribution >= 0.6 is 0 Å². The molecule has 1 N–H and O–H groups in total. The van der Waals surface area contributed by atoms with Crippen LogP contribution < -0.4 is 19.5 Å². The van der Waals surface area contributed by atoms with Crippen LogP contribution in [0.4, 0.5) is 0 Å². The number of nitrogens with zero attached hydrogens (tertiary/aromatic N) is 1. The number of carbonyl (C=O) groups is 1. The standard InChI is InChI=1S/C24H32N2O6S/c1-17(18-9-11-22(31-3)23(15-18)32-4)25-24(27)20-16-19(10-12-21(20)30-2)33(28,29)26-13-7-5-6-8-14-26/h9-12,15-17H,5-8,13-14H2,1-4H3,(H,25,27)/t17-/m1/s1. The Hall–Kier alpha value is -2.78. The normalized spacial score (nSPS) is 15.9. The van der Waals surface area contributed by atoms with Gasteiger partial charge in [-0.1, -0.05) is 18.9 Å². The SMILES string of the molecule is COc1ccc([C@@H](C)NC(=O)c2cc(S(=O)(=O)N3CCCCCC3)ccc2OC)cc1OC. The van der Waals surface area contributed by atoms with E-state index in [-0.39, 0.29) is 16.5 Å². The monoisotopic (exact) mass is 476 g/mol. The van der Waals surface area contributed by atoms with Crippen molar-refractivity contribution in [3.05, 3.63) is 47.5 Å². The average Bonchev–Trinajstić information content (AvgIpc) is 3.13. The first-order valence-corrected chi connectivity index (χ1v) is 12.5. The van der Waals surface area contributed by atoms with Crippen molar-refractivity contribution in [2.45, 2.75) is 43.5 Å². The Kier molecular flexibility index (Phi) is 8.20. The third-order valence-corrected chi connectivity index (χ3v) is 7.77. The fourth-order valence-corrected chi connectivity index (χ4v) is 5.48. The van der Waals surface area contributed by atoms with Crippen molar-refractivity contribution in [3.8, 4) is 17.2 Å². The fourth-order valence-electron chi connectivity index (χ4n) is 3.94. The predicted molar refractivity (Wildman–Crippen MR) is 126 cm³/mol. The number of hydrogen-bond acceptors (Lipinski definition) is 6. The largest absolute Gasteiger partial charge is 0.496 e. The third-order valence-electron chi connectivity index (χ3n) is 5.87. The molecule has 0 saturated carbocycles. The first kappa shape index (κ1) is 24.9. The summed E-state index contributed by atoms with van der Waals surface area (Å²) in [5.41, 5.74) is 0.981. The second-order valence-electron chi connectivity index (χ2n) is 7.99. The highest BCUT2D eigenvalue weighted by Gasteiger charge is 2.27. The first-order chi connectivity index (χ1) is 15.8. The topological polar surface area (TPSA) is 94.2 Å². The van der Waals surface area contributed by atoms with Crippen LogP contribution in [-0.2, 0) is 10.0 Å². The Labute approximate surface area is 195 Å². The third kappa shape index (κ3) is 5.59. The van der Waals surface area contributed by atoms with Crippen LogP contribution in [0, 0.1) is 0 Å². The molecule has 2 aromatic carbocycles. The minimum atomic E-state index is -3.70. The highest BCUT2D eigenvalue weighted by molar-refractivity contribution is 7.89. The van der Waals surface area contributed by atoms with Gasteiger partial charge in [-0.25, -0.2) is 8.42 Å². The van der Waals surface area contributed by atoms with Crippen molar-refractivity contribution in [3.63, 3.8) is 0 Å². The molecule has 1 atom stereocenters. The lowest BCUT2D eigenvalue weighted by Crippen LogP contribution is -2.32. The molecule has 8 nitrogen and oxygen atoms in total. The molecule has 0 unspecified atom stereocenters. The van der Waals surface area contributed by atoms with Crippen molar-refractivity contribution in [2.75, 3.05) is 34.4 Å². The van der Waals surface area contributed by atoms with Gasteiger partial charge in [0.1, 0.15) is 5.75 Å². The molecule has 1 amide bonds. The Morgan fingerprint density at radius 2 is 1.48 bits per heavy atom. The second kappa shape index (κ2) is 10.9. The van der Waals surface area contributed by atoms with Crippen molar-refractivity contribution in [2.24, 2.45) is 0 Å². The van der Waals surface area contributed by atoms with Gasteiger partial charge in [0, 0.05) is 13.1 Å². The highest BCUT2D eigenvalue weighted by atomic mass is 32.2. The average molecular weight is 477 g/mol. The summed E-state index contributed by atoms with van der Waals surface area (Å²) in [6.45, 7) is 2.82. The number of methoxy groups -OCH3 is 3. The summed E-state index contributed by atoms with van der Waals surface area (Å²) in [6.07, 6.45) is 3.73. The number of hydrogen-bond donors (Lipinski definition) is 1. The summed E-state index contributed by atoms with van der Waals surface area (Å²) >= 11 is 0. The molecule has 1 aliphatic heterocycles. The molecule has 9 heteroatoms. The zero-order valence-corrected chi connectivity index (χ0v) is 20.4. The minimum absolute atomic E-state index is 0.0918. The fraction of sp³-hybridized carbons (Fsp3) is 0.458.